The highest BCUT2D eigenvalue weighted by atomic mass is 16.5. The zero-order valence-electron chi connectivity index (χ0n) is 15.8. The molecule has 1 aromatic carbocycles. The molecule has 4 heterocycles. The molecule has 1 saturated heterocycles. The van der Waals surface area contributed by atoms with Gasteiger partial charge in [-0.1, -0.05) is 24.3 Å². The largest absolute Gasteiger partial charge is 0.438 e. The SMILES string of the molecule is C1=CC2CC2c2[nH]c3cc(-c4nc(N5CCOCC5)c5ocnc5n4)ccc3c21. The lowest BCUT2D eigenvalue weighted by Crippen LogP contribution is -2.37. The summed E-state index contributed by atoms with van der Waals surface area (Å²) in [6.45, 7) is 2.93. The molecule has 1 saturated carbocycles. The highest BCUT2D eigenvalue weighted by molar-refractivity contribution is 5.94. The second-order valence-corrected chi connectivity index (χ2v) is 8.05. The van der Waals surface area contributed by atoms with Crippen LogP contribution >= 0.6 is 0 Å². The van der Waals surface area contributed by atoms with E-state index in [-0.39, 0.29) is 0 Å². The molecule has 7 rings (SSSR count). The Bertz CT molecular complexity index is 1300. The fraction of sp³-hybridized carbons (Fsp3) is 0.318. The van der Waals surface area contributed by atoms with E-state index >= 15 is 0 Å². The number of hydrogen-bond acceptors (Lipinski definition) is 6. The quantitative estimate of drug-likeness (QED) is 0.566. The van der Waals surface area contributed by atoms with Gasteiger partial charge in [0.25, 0.3) is 0 Å². The molecule has 144 valence electrons. The third-order valence-electron chi connectivity index (χ3n) is 6.33. The molecular weight excluding hydrogens is 366 g/mol. The fourth-order valence-electron chi connectivity index (χ4n) is 4.70. The molecule has 7 nitrogen and oxygen atoms in total. The average Bonchev–Trinajstić information content (AvgIpc) is 3.25. The third-order valence-corrected chi connectivity index (χ3v) is 6.33. The van der Waals surface area contributed by atoms with E-state index in [2.05, 4.69) is 50.2 Å². The van der Waals surface area contributed by atoms with Crippen LogP contribution in [0.25, 0.3) is 39.6 Å². The molecule has 1 aliphatic heterocycles. The Kier molecular flexibility index (Phi) is 3.07. The Labute approximate surface area is 166 Å². The van der Waals surface area contributed by atoms with Crippen LogP contribution in [-0.4, -0.2) is 46.2 Å². The van der Waals surface area contributed by atoms with Gasteiger partial charge in [-0.25, -0.2) is 9.97 Å². The smallest absolute Gasteiger partial charge is 0.215 e. The van der Waals surface area contributed by atoms with Crippen LogP contribution in [0.2, 0.25) is 0 Å². The number of fused-ring (bicyclic) bond motifs is 6. The lowest BCUT2D eigenvalue weighted by atomic mass is 10.0. The fourth-order valence-corrected chi connectivity index (χ4v) is 4.70. The molecule has 7 heteroatoms. The number of anilines is 1. The highest BCUT2D eigenvalue weighted by Gasteiger charge is 2.41. The van der Waals surface area contributed by atoms with Crippen molar-refractivity contribution in [1.29, 1.82) is 0 Å². The Balaban J connectivity index is 1.37. The van der Waals surface area contributed by atoms with E-state index in [1.807, 2.05) is 0 Å². The summed E-state index contributed by atoms with van der Waals surface area (Å²) in [5.74, 6) is 2.85. The number of nitrogens with one attached hydrogen (secondary N) is 1. The maximum Gasteiger partial charge on any atom is 0.215 e. The summed E-state index contributed by atoms with van der Waals surface area (Å²) in [5.41, 5.74) is 6.06. The van der Waals surface area contributed by atoms with Crippen LogP contribution in [-0.2, 0) is 4.74 Å². The number of rotatable bonds is 2. The lowest BCUT2D eigenvalue weighted by molar-refractivity contribution is 0.122. The number of aromatic amines is 1. The van der Waals surface area contributed by atoms with Crippen molar-refractivity contribution in [2.45, 2.75) is 12.3 Å². The van der Waals surface area contributed by atoms with E-state index in [4.69, 9.17) is 14.1 Å². The van der Waals surface area contributed by atoms with Crippen LogP contribution < -0.4 is 4.90 Å². The van der Waals surface area contributed by atoms with Crippen LogP contribution in [0.3, 0.4) is 0 Å². The minimum atomic E-state index is 0.589. The topological polar surface area (TPSA) is 80.1 Å². The number of allylic oxidation sites excluding steroid dienone is 1. The number of nitrogens with zero attached hydrogens (tertiary/aromatic N) is 4. The van der Waals surface area contributed by atoms with Gasteiger partial charge in [0.05, 0.1) is 13.2 Å². The van der Waals surface area contributed by atoms with Gasteiger partial charge in [-0.15, -0.1) is 0 Å². The van der Waals surface area contributed by atoms with E-state index in [1.54, 1.807) is 0 Å². The summed E-state index contributed by atoms with van der Waals surface area (Å²) in [5, 5.41) is 1.27. The van der Waals surface area contributed by atoms with Crippen molar-refractivity contribution in [3.05, 3.63) is 41.9 Å². The summed E-state index contributed by atoms with van der Waals surface area (Å²) >= 11 is 0. The summed E-state index contributed by atoms with van der Waals surface area (Å²) in [4.78, 5) is 19.7. The lowest BCUT2D eigenvalue weighted by Gasteiger charge is -2.27. The number of morpholine rings is 1. The Morgan fingerprint density at radius 1 is 1.14 bits per heavy atom. The van der Waals surface area contributed by atoms with Crippen molar-refractivity contribution < 1.29 is 9.15 Å². The molecule has 0 radical (unpaired) electrons. The normalized spacial score (nSPS) is 22.8. The van der Waals surface area contributed by atoms with Gasteiger partial charge in [0.2, 0.25) is 11.2 Å². The number of H-pyrrole nitrogens is 1. The number of hydrogen-bond donors (Lipinski definition) is 1. The van der Waals surface area contributed by atoms with Crippen molar-refractivity contribution in [3.8, 4) is 11.4 Å². The highest BCUT2D eigenvalue weighted by Crippen LogP contribution is 2.53. The Morgan fingerprint density at radius 2 is 2.07 bits per heavy atom. The zero-order chi connectivity index (χ0) is 18.9. The molecule has 2 aliphatic carbocycles. The Hall–Kier alpha value is -3.19. The molecule has 0 amide bonds. The number of aromatic nitrogens is 4. The molecule has 2 fully saturated rings. The summed E-state index contributed by atoms with van der Waals surface area (Å²) in [6.07, 6.45) is 7.33. The van der Waals surface area contributed by atoms with Gasteiger partial charge in [-0.05, 0) is 18.4 Å². The molecule has 4 aromatic rings. The van der Waals surface area contributed by atoms with Crippen molar-refractivity contribution in [1.82, 2.24) is 19.9 Å². The number of benzene rings is 1. The predicted molar refractivity (Wildman–Crippen MR) is 110 cm³/mol. The molecular formula is C22H19N5O2. The molecule has 29 heavy (non-hydrogen) atoms. The molecule has 0 bridgehead atoms. The van der Waals surface area contributed by atoms with E-state index in [1.165, 1.54) is 29.5 Å². The molecule has 2 unspecified atom stereocenters. The molecule has 3 aliphatic rings. The van der Waals surface area contributed by atoms with Crippen molar-refractivity contribution in [2.24, 2.45) is 5.92 Å². The van der Waals surface area contributed by atoms with Gasteiger partial charge in [0.1, 0.15) is 0 Å². The van der Waals surface area contributed by atoms with Crippen LogP contribution in [0.5, 0.6) is 0 Å². The van der Waals surface area contributed by atoms with Crippen LogP contribution in [0, 0.1) is 5.92 Å². The van der Waals surface area contributed by atoms with Crippen LogP contribution in [0.15, 0.2) is 35.1 Å². The second-order valence-electron chi connectivity index (χ2n) is 8.05. The minimum Gasteiger partial charge on any atom is -0.438 e. The first-order chi connectivity index (χ1) is 14.3. The van der Waals surface area contributed by atoms with E-state index in [9.17, 15) is 0 Å². The van der Waals surface area contributed by atoms with Gasteiger partial charge in [-0.3, -0.25) is 0 Å². The number of oxazole rings is 1. The van der Waals surface area contributed by atoms with E-state index < -0.39 is 0 Å². The maximum atomic E-state index is 5.60. The third kappa shape index (κ3) is 2.31. The van der Waals surface area contributed by atoms with E-state index in [0.717, 1.165) is 35.9 Å². The van der Waals surface area contributed by atoms with Crippen molar-refractivity contribution >= 4 is 34.0 Å². The first-order valence-electron chi connectivity index (χ1n) is 10.1. The zero-order valence-corrected chi connectivity index (χ0v) is 15.8. The molecule has 1 N–H and O–H groups in total. The van der Waals surface area contributed by atoms with Crippen LogP contribution in [0.1, 0.15) is 23.6 Å². The second kappa shape index (κ2) is 5.67. The van der Waals surface area contributed by atoms with E-state index in [0.29, 0.717) is 36.2 Å². The first kappa shape index (κ1) is 15.7. The predicted octanol–water partition coefficient (Wildman–Crippen LogP) is 3.73. The summed E-state index contributed by atoms with van der Waals surface area (Å²) in [7, 11) is 0. The maximum absolute atomic E-state index is 5.60. The summed E-state index contributed by atoms with van der Waals surface area (Å²) < 4.78 is 11.1. The minimum absolute atomic E-state index is 0.589. The standard InChI is InChI=1S/C22H19N5O2/c1-4-15-14-3-2-13(10-17(14)24-18(15)16-9-12(1)16)20-25-21-19(29-11-23-21)22(26-20)27-5-7-28-8-6-27/h1-4,10-12,16,24H,5-9H2. The van der Waals surface area contributed by atoms with Gasteiger partial charge in [0, 0.05) is 46.7 Å². The van der Waals surface area contributed by atoms with Gasteiger partial charge < -0.3 is 19.0 Å². The van der Waals surface area contributed by atoms with Crippen molar-refractivity contribution in [3.63, 3.8) is 0 Å². The van der Waals surface area contributed by atoms with Gasteiger partial charge in [-0.2, -0.15) is 4.98 Å². The first-order valence-corrected chi connectivity index (χ1v) is 10.1. The molecule has 3 aromatic heterocycles. The summed E-state index contributed by atoms with van der Waals surface area (Å²) in [6, 6.07) is 6.44. The van der Waals surface area contributed by atoms with Gasteiger partial charge >= 0.3 is 0 Å². The molecule has 0 spiro atoms. The Morgan fingerprint density at radius 3 is 3.00 bits per heavy atom. The number of ether oxygens (including phenoxy) is 1. The average molecular weight is 385 g/mol. The van der Waals surface area contributed by atoms with Crippen LogP contribution in [0.4, 0.5) is 5.82 Å². The monoisotopic (exact) mass is 385 g/mol. The molecule has 2 atom stereocenters. The van der Waals surface area contributed by atoms with Gasteiger partial charge in [0.15, 0.2) is 18.0 Å². The van der Waals surface area contributed by atoms with Crippen molar-refractivity contribution in [2.75, 3.05) is 31.2 Å².